The average molecular weight is 137 g/mol. The molecule has 0 amide bonds. The first-order chi connectivity index (χ1) is 4.88. The van der Waals surface area contributed by atoms with Gasteiger partial charge in [0.2, 0.25) is 0 Å². The highest BCUT2D eigenvalue weighted by Gasteiger charge is 2.14. The van der Waals surface area contributed by atoms with E-state index < -0.39 is 0 Å². The summed E-state index contributed by atoms with van der Waals surface area (Å²) >= 11 is 0. The Hall–Kier alpha value is -0.830. The van der Waals surface area contributed by atoms with Gasteiger partial charge in [-0.25, -0.2) is 0 Å². The fourth-order valence-corrected chi connectivity index (χ4v) is 1.45. The van der Waals surface area contributed by atoms with Crippen molar-refractivity contribution in [3.63, 3.8) is 0 Å². The molecule has 0 aromatic carbocycles. The molecule has 1 aliphatic rings. The number of fused-ring (bicyclic) bond motifs is 1. The van der Waals surface area contributed by atoms with Crippen LogP contribution in [-0.2, 0) is 6.42 Å². The van der Waals surface area contributed by atoms with Crippen LogP contribution in [-0.4, -0.2) is 9.78 Å². The Morgan fingerprint density at radius 2 is 2.60 bits per heavy atom. The number of hydrogen-bond acceptors (Lipinski definition) is 2. The zero-order chi connectivity index (χ0) is 6.97. The van der Waals surface area contributed by atoms with Crippen molar-refractivity contribution in [1.82, 2.24) is 9.78 Å². The monoisotopic (exact) mass is 137 g/mol. The molecular weight excluding hydrogens is 126 g/mol. The van der Waals surface area contributed by atoms with Crippen LogP contribution in [0.25, 0.3) is 0 Å². The number of rotatable bonds is 0. The van der Waals surface area contributed by atoms with E-state index in [4.69, 9.17) is 5.73 Å². The average Bonchev–Trinajstić information content (AvgIpc) is 2.36. The maximum Gasteiger partial charge on any atom is 0.0991 e. The maximum absolute atomic E-state index is 5.79. The molecular formula is C7H11N3. The van der Waals surface area contributed by atoms with Gasteiger partial charge in [0, 0.05) is 11.9 Å². The van der Waals surface area contributed by atoms with Crippen LogP contribution < -0.4 is 5.73 Å². The molecule has 0 radical (unpaired) electrons. The van der Waals surface area contributed by atoms with Gasteiger partial charge in [-0.05, 0) is 25.3 Å². The van der Waals surface area contributed by atoms with Crippen LogP contribution in [0, 0.1) is 0 Å². The molecule has 1 aliphatic heterocycles. The lowest BCUT2D eigenvalue weighted by Crippen LogP contribution is -2.25. The predicted molar refractivity (Wildman–Crippen MR) is 38.4 cm³/mol. The SMILES string of the molecule is NC1CCCc2ccnn21. The van der Waals surface area contributed by atoms with Gasteiger partial charge in [0.05, 0.1) is 6.17 Å². The van der Waals surface area contributed by atoms with Gasteiger partial charge in [-0.15, -0.1) is 0 Å². The van der Waals surface area contributed by atoms with Crippen molar-refractivity contribution in [1.29, 1.82) is 0 Å². The summed E-state index contributed by atoms with van der Waals surface area (Å²) in [5.41, 5.74) is 7.07. The Kier molecular flexibility index (Phi) is 1.24. The fraction of sp³-hybridized carbons (Fsp3) is 0.571. The molecule has 1 atom stereocenters. The van der Waals surface area contributed by atoms with Gasteiger partial charge in [0.15, 0.2) is 0 Å². The van der Waals surface area contributed by atoms with Gasteiger partial charge in [-0.2, -0.15) is 5.10 Å². The molecule has 1 unspecified atom stereocenters. The van der Waals surface area contributed by atoms with Crippen molar-refractivity contribution in [2.24, 2.45) is 5.73 Å². The summed E-state index contributed by atoms with van der Waals surface area (Å²) in [6.07, 6.45) is 5.34. The third kappa shape index (κ3) is 0.743. The van der Waals surface area contributed by atoms with Crippen LogP contribution in [0.15, 0.2) is 12.3 Å². The number of nitrogens with two attached hydrogens (primary N) is 1. The number of aryl methyl sites for hydroxylation is 1. The normalized spacial score (nSPS) is 24.3. The molecule has 0 aliphatic carbocycles. The van der Waals surface area contributed by atoms with Crippen LogP contribution in [0.4, 0.5) is 0 Å². The first-order valence-electron chi connectivity index (χ1n) is 3.66. The Morgan fingerprint density at radius 1 is 1.70 bits per heavy atom. The third-order valence-corrected chi connectivity index (χ3v) is 2.00. The maximum atomic E-state index is 5.79. The van der Waals surface area contributed by atoms with E-state index in [2.05, 4.69) is 5.10 Å². The zero-order valence-corrected chi connectivity index (χ0v) is 5.83. The van der Waals surface area contributed by atoms with Crippen molar-refractivity contribution in [3.05, 3.63) is 18.0 Å². The molecule has 10 heavy (non-hydrogen) atoms. The van der Waals surface area contributed by atoms with E-state index in [9.17, 15) is 0 Å². The van der Waals surface area contributed by atoms with Gasteiger partial charge in [-0.1, -0.05) is 0 Å². The quantitative estimate of drug-likeness (QED) is 0.571. The molecule has 2 rings (SSSR count). The molecule has 3 heteroatoms. The summed E-state index contributed by atoms with van der Waals surface area (Å²) in [4.78, 5) is 0. The van der Waals surface area contributed by atoms with Crippen molar-refractivity contribution in [2.45, 2.75) is 25.4 Å². The van der Waals surface area contributed by atoms with E-state index in [1.165, 1.54) is 12.1 Å². The minimum absolute atomic E-state index is 0.124. The number of aromatic nitrogens is 2. The molecule has 0 saturated carbocycles. The molecule has 1 aromatic rings. The second kappa shape index (κ2) is 2.09. The van der Waals surface area contributed by atoms with Crippen molar-refractivity contribution in [3.8, 4) is 0 Å². The van der Waals surface area contributed by atoms with E-state index >= 15 is 0 Å². The minimum atomic E-state index is 0.124. The molecule has 0 bridgehead atoms. The number of hydrogen-bond donors (Lipinski definition) is 1. The first kappa shape index (κ1) is 5.92. The third-order valence-electron chi connectivity index (χ3n) is 2.00. The minimum Gasteiger partial charge on any atom is -0.310 e. The molecule has 2 heterocycles. The van der Waals surface area contributed by atoms with E-state index in [0.29, 0.717) is 0 Å². The Morgan fingerprint density at radius 3 is 3.40 bits per heavy atom. The highest BCUT2D eigenvalue weighted by Crippen LogP contribution is 2.18. The largest absolute Gasteiger partial charge is 0.310 e. The van der Waals surface area contributed by atoms with Crippen LogP contribution in [0.3, 0.4) is 0 Å². The summed E-state index contributed by atoms with van der Waals surface area (Å²) in [6, 6.07) is 2.04. The molecule has 2 N–H and O–H groups in total. The number of nitrogens with zero attached hydrogens (tertiary/aromatic N) is 2. The molecule has 0 saturated heterocycles. The van der Waals surface area contributed by atoms with Crippen molar-refractivity contribution in [2.75, 3.05) is 0 Å². The van der Waals surface area contributed by atoms with Gasteiger partial charge < -0.3 is 5.73 Å². The summed E-state index contributed by atoms with van der Waals surface area (Å²) < 4.78 is 1.92. The lowest BCUT2D eigenvalue weighted by atomic mass is 10.1. The molecule has 3 nitrogen and oxygen atoms in total. The molecule has 0 fully saturated rings. The van der Waals surface area contributed by atoms with Crippen LogP contribution in [0.1, 0.15) is 24.7 Å². The van der Waals surface area contributed by atoms with E-state index in [0.717, 1.165) is 12.8 Å². The van der Waals surface area contributed by atoms with Gasteiger partial charge in [-0.3, -0.25) is 4.68 Å². The highest BCUT2D eigenvalue weighted by molar-refractivity contribution is 5.03. The van der Waals surface area contributed by atoms with Crippen molar-refractivity contribution >= 4 is 0 Å². The van der Waals surface area contributed by atoms with Gasteiger partial charge in [0.1, 0.15) is 0 Å². The van der Waals surface area contributed by atoms with Crippen LogP contribution in [0.2, 0.25) is 0 Å². The fourth-order valence-electron chi connectivity index (χ4n) is 1.45. The summed E-state index contributed by atoms with van der Waals surface area (Å²) in [7, 11) is 0. The van der Waals surface area contributed by atoms with E-state index in [-0.39, 0.29) is 6.17 Å². The molecule has 0 spiro atoms. The lowest BCUT2D eigenvalue weighted by molar-refractivity contribution is 0.376. The van der Waals surface area contributed by atoms with E-state index in [1.54, 1.807) is 0 Å². The predicted octanol–water partition coefficient (Wildman–Crippen LogP) is 0.677. The summed E-state index contributed by atoms with van der Waals surface area (Å²) in [5, 5.41) is 4.13. The second-order valence-corrected chi connectivity index (χ2v) is 2.73. The zero-order valence-electron chi connectivity index (χ0n) is 5.83. The van der Waals surface area contributed by atoms with Crippen LogP contribution in [0.5, 0.6) is 0 Å². The molecule has 54 valence electrons. The Balaban J connectivity index is 2.41. The standard InChI is InChI=1S/C7H11N3/c8-7-3-1-2-6-4-5-9-10(6)7/h4-5,7H,1-3,8H2. The summed E-state index contributed by atoms with van der Waals surface area (Å²) in [5.74, 6) is 0. The van der Waals surface area contributed by atoms with Gasteiger partial charge in [0.25, 0.3) is 0 Å². The van der Waals surface area contributed by atoms with Gasteiger partial charge >= 0.3 is 0 Å². The summed E-state index contributed by atoms with van der Waals surface area (Å²) in [6.45, 7) is 0. The Labute approximate surface area is 59.8 Å². The highest BCUT2D eigenvalue weighted by atomic mass is 15.3. The van der Waals surface area contributed by atoms with Crippen molar-refractivity contribution < 1.29 is 0 Å². The first-order valence-corrected chi connectivity index (χ1v) is 3.66. The smallest absolute Gasteiger partial charge is 0.0991 e. The lowest BCUT2D eigenvalue weighted by Gasteiger charge is -2.20. The van der Waals surface area contributed by atoms with E-state index in [1.807, 2.05) is 16.9 Å². The Bertz CT molecular complexity index is 229. The second-order valence-electron chi connectivity index (χ2n) is 2.73. The topological polar surface area (TPSA) is 43.8 Å². The van der Waals surface area contributed by atoms with Crippen LogP contribution >= 0.6 is 0 Å². The molecule has 1 aromatic heterocycles.